The molecule has 7 heteroatoms. The Morgan fingerprint density at radius 3 is 2.67 bits per heavy atom. The van der Waals surface area contributed by atoms with Gasteiger partial charge in [0.1, 0.15) is 0 Å². The standard InChI is InChI=1S/C23H19IN2O3S/c1-3-17-19(22(28)29-2)20(15-9-5-4-6-10-15)26-21(27)18(30-23(26)25-17)13-14-8-7-11-16(24)12-14/h4-13,20H,3H2,1-2H3/b18-13-/t20-/m1/s1. The van der Waals surface area contributed by atoms with Gasteiger partial charge in [-0.15, -0.1) is 0 Å². The molecule has 30 heavy (non-hydrogen) atoms. The molecule has 152 valence electrons. The lowest BCUT2D eigenvalue weighted by Gasteiger charge is -2.25. The van der Waals surface area contributed by atoms with Crippen LogP contribution in [0, 0.1) is 3.57 Å². The largest absolute Gasteiger partial charge is 0.466 e. The van der Waals surface area contributed by atoms with Gasteiger partial charge in [-0.25, -0.2) is 9.79 Å². The Balaban J connectivity index is 2.01. The number of allylic oxidation sites excluding steroid dienone is 1. The van der Waals surface area contributed by atoms with Crippen molar-refractivity contribution in [3.8, 4) is 0 Å². The van der Waals surface area contributed by atoms with Gasteiger partial charge in [0.15, 0.2) is 4.80 Å². The van der Waals surface area contributed by atoms with Gasteiger partial charge in [-0.05, 0) is 58.3 Å². The summed E-state index contributed by atoms with van der Waals surface area (Å²) in [5, 5.41) is 0. The van der Waals surface area contributed by atoms with Crippen LogP contribution in [0.15, 0.2) is 75.7 Å². The predicted molar refractivity (Wildman–Crippen MR) is 126 cm³/mol. The Labute approximate surface area is 191 Å². The summed E-state index contributed by atoms with van der Waals surface area (Å²) >= 11 is 3.59. The van der Waals surface area contributed by atoms with E-state index < -0.39 is 12.0 Å². The SMILES string of the molecule is CCC1=C(C(=O)OC)[C@@H](c2ccccc2)n2c(s/c(=C\c3cccc(I)c3)c2=O)=N1. The number of carbonyl (C=O) groups is 1. The number of rotatable bonds is 4. The number of benzene rings is 2. The fourth-order valence-corrected chi connectivity index (χ4v) is 5.15. The molecule has 5 nitrogen and oxygen atoms in total. The normalized spacial score (nSPS) is 16.2. The number of aromatic nitrogens is 1. The van der Waals surface area contributed by atoms with E-state index in [0.717, 1.165) is 14.7 Å². The zero-order chi connectivity index (χ0) is 21.3. The number of carbonyl (C=O) groups excluding carboxylic acids is 1. The Kier molecular flexibility index (Phi) is 6.01. The van der Waals surface area contributed by atoms with Crippen molar-refractivity contribution < 1.29 is 9.53 Å². The van der Waals surface area contributed by atoms with Crippen molar-refractivity contribution in [2.75, 3.05) is 7.11 Å². The van der Waals surface area contributed by atoms with Gasteiger partial charge in [0.05, 0.1) is 29.0 Å². The lowest BCUT2D eigenvalue weighted by molar-refractivity contribution is -0.136. The molecule has 1 aromatic heterocycles. The molecule has 0 bridgehead atoms. The molecule has 2 aromatic carbocycles. The van der Waals surface area contributed by atoms with E-state index in [-0.39, 0.29) is 5.56 Å². The summed E-state index contributed by atoms with van der Waals surface area (Å²) in [6.45, 7) is 1.95. The summed E-state index contributed by atoms with van der Waals surface area (Å²) in [5.74, 6) is -0.462. The monoisotopic (exact) mass is 530 g/mol. The Morgan fingerprint density at radius 1 is 1.23 bits per heavy atom. The van der Waals surface area contributed by atoms with Crippen molar-refractivity contribution in [3.63, 3.8) is 0 Å². The molecule has 0 fully saturated rings. The molecule has 0 saturated heterocycles. The molecule has 1 atom stereocenters. The highest BCUT2D eigenvalue weighted by molar-refractivity contribution is 14.1. The molecule has 0 N–H and O–H groups in total. The second-order valence-electron chi connectivity index (χ2n) is 6.75. The fraction of sp³-hybridized carbons (Fsp3) is 0.174. The lowest BCUT2D eigenvalue weighted by Crippen LogP contribution is -2.40. The fourth-order valence-electron chi connectivity index (χ4n) is 3.56. The Bertz CT molecular complexity index is 1320. The van der Waals surface area contributed by atoms with Crippen LogP contribution in [0.5, 0.6) is 0 Å². The van der Waals surface area contributed by atoms with E-state index in [1.54, 1.807) is 4.57 Å². The van der Waals surface area contributed by atoms with Crippen molar-refractivity contribution in [1.82, 2.24) is 4.57 Å². The van der Waals surface area contributed by atoms with E-state index in [9.17, 15) is 9.59 Å². The van der Waals surface area contributed by atoms with Crippen LogP contribution in [0.1, 0.15) is 30.5 Å². The minimum absolute atomic E-state index is 0.164. The second kappa shape index (κ2) is 8.69. The number of hydrogen-bond donors (Lipinski definition) is 0. The zero-order valence-electron chi connectivity index (χ0n) is 16.5. The summed E-state index contributed by atoms with van der Waals surface area (Å²) < 4.78 is 8.36. The topological polar surface area (TPSA) is 60.7 Å². The van der Waals surface area contributed by atoms with E-state index >= 15 is 0 Å². The van der Waals surface area contributed by atoms with E-state index in [2.05, 4.69) is 27.6 Å². The highest BCUT2D eigenvalue weighted by Gasteiger charge is 2.33. The molecule has 4 rings (SSSR count). The molecule has 0 unspecified atom stereocenters. The van der Waals surface area contributed by atoms with E-state index in [4.69, 9.17) is 4.74 Å². The van der Waals surface area contributed by atoms with Crippen LogP contribution in [-0.4, -0.2) is 17.6 Å². The van der Waals surface area contributed by atoms with E-state index in [1.807, 2.05) is 67.6 Å². The van der Waals surface area contributed by atoms with Gasteiger partial charge in [-0.2, -0.15) is 0 Å². The predicted octanol–water partition coefficient (Wildman–Crippen LogP) is 3.40. The number of nitrogens with zero attached hydrogens (tertiary/aromatic N) is 2. The van der Waals surface area contributed by atoms with E-state index in [0.29, 0.717) is 27.0 Å². The second-order valence-corrected chi connectivity index (χ2v) is 9.01. The molecule has 0 amide bonds. The van der Waals surface area contributed by atoms with Crippen LogP contribution < -0.4 is 14.9 Å². The van der Waals surface area contributed by atoms with E-state index in [1.165, 1.54) is 18.4 Å². The number of fused-ring (bicyclic) bond motifs is 1. The van der Waals surface area contributed by atoms with Crippen LogP contribution in [0.3, 0.4) is 0 Å². The van der Waals surface area contributed by atoms with Gasteiger partial charge in [-0.1, -0.05) is 60.7 Å². The number of ether oxygens (including phenoxy) is 1. The third-order valence-electron chi connectivity index (χ3n) is 4.91. The zero-order valence-corrected chi connectivity index (χ0v) is 19.4. The number of thiazole rings is 1. The van der Waals surface area contributed by atoms with Crippen molar-refractivity contribution in [1.29, 1.82) is 0 Å². The summed E-state index contributed by atoms with van der Waals surface area (Å²) in [7, 11) is 1.35. The summed E-state index contributed by atoms with van der Waals surface area (Å²) in [6.07, 6.45) is 2.44. The first-order valence-electron chi connectivity index (χ1n) is 9.47. The van der Waals surface area contributed by atoms with Crippen LogP contribution >= 0.6 is 33.9 Å². The average Bonchev–Trinajstić information content (AvgIpc) is 3.07. The van der Waals surface area contributed by atoms with Gasteiger partial charge in [-0.3, -0.25) is 9.36 Å². The van der Waals surface area contributed by atoms with Crippen molar-refractivity contribution >= 4 is 46.0 Å². The molecule has 1 aliphatic heterocycles. The minimum atomic E-state index is -0.567. The Hall–Kier alpha value is -2.52. The molecule has 0 spiro atoms. The maximum Gasteiger partial charge on any atom is 0.338 e. The van der Waals surface area contributed by atoms with Crippen LogP contribution in [0.2, 0.25) is 0 Å². The van der Waals surface area contributed by atoms with Crippen LogP contribution in [-0.2, 0) is 9.53 Å². The van der Waals surface area contributed by atoms with Crippen LogP contribution in [0.4, 0.5) is 0 Å². The maximum atomic E-state index is 13.4. The molecule has 1 aliphatic rings. The summed E-state index contributed by atoms with van der Waals surface area (Å²) in [5.41, 5.74) is 2.70. The number of hydrogen-bond acceptors (Lipinski definition) is 5. The first-order valence-corrected chi connectivity index (χ1v) is 11.4. The number of esters is 1. The van der Waals surface area contributed by atoms with Gasteiger partial charge in [0, 0.05) is 3.57 Å². The van der Waals surface area contributed by atoms with Crippen molar-refractivity contribution in [3.05, 3.63) is 100 Å². The first kappa shape index (κ1) is 20.7. The molecule has 3 aromatic rings. The minimum Gasteiger partial charge on any atom is -0.466 e. The molecular formula is C23H19IN2O3S. The van der Waals surface area contributed by atoms with Gasteiger partial charge in [0.2, 0.25) is 0 Å². The number of halogens is 1. The quantitative estimate of drug-likeness (QED) is 0.384. The van der Waals surface area contributed by atoms with Crippen LogP contribution in [0.25, 0.3) is 6.08 Å². The third-order valence-corrected chi connectivity index (χ3v) is 6.57. The number of methoxy groups -OCH3 is 1. The highest BCUT2D eigenvalue weighted by Crippen LogP contribution is 2.31. The average molecular weight is 530 g/mol. The van der Waals surface area contributed by atoms with Gasteiger partial charge in [0.25, 0.3) is 5.56 Å². The molecule has 0 radical (unpaired) electrons. The van der Waals surface area contributed by atoms with Crippen molar-refractivity contribution in [2.45, 2.75) is 19.4 Å². The highest BCUT2D eigenvalue weighted by atomic mass is 127. The maximum absolute atomic E-state index is 13.4. The molecule has 0 aliphatic carbocycles. The lowest BCUT2D eigenvalue weighted by atomic mass is 9.95. The third kappa shape index (κ3) is 3.79. The van der Waals surface area contributed by atoms with Crippen molar-refractivity contribution in [2.24, 2.45) is 4.99 Å². The van der Waals surface area contributed by atoms with Gasteiger partial charge < -0.3 is 4.74 Å². The molecular weight excluding hydrogens is 511 g/mol. The first-order chi connectivity index (χ1) is 14.5. The summed E-state index contributed by atoms with van der Waals surface area (Å²) in [6, 6.07) is 16.9. The molecule has 0 saturated carbocycles. The smallest absolute Gasteiger partial charge is 0.338 e. The molecule has 2 heterocycles. The summed E-state index contributed by atoms with van der Waals surface area (Å²) in [4.78, 5) is 31.4. The Morgan fingerprint density at radius 2 is 2.00 bits per heavy atom. The van der Waals surface area contributed by atoms with Gasteiger partial charge >= 0.3 is 5.97 Å².